The Kier molecular flexibility index (Phi) is 7.83. The highest BCUT2D eigenvalue weighted by atomic mass is 16.7. The van der Waals surface area contributed by atoms with Crippen LogP contribution in [0.5, 0.6) is 0 Å². The number of hydrogen-bond donors (Lipinski definition) is 0. The van der Waals surface area contributed by atoms with E-state index in [9.17, 15) is 24.5 Å². The maximum Gasteiger partial charge on any atom is 0.508 e. The lowest BCUT2D eigenvalue weighted by Crippen LogP contribution is -2.64. The van der Waals surface area contributed by atoms with Gasteiger partial charge in [-0.25, -0.2) is 9.59 Å². The Balaban J connectivity index is 1.26. The molecule has 11 heteroatoms. The fraction of sp³-hybridized carbons (Fsp3) is 0.414. The van der Waals surface area contributed by atoms with Gasteiger partial charge in [0, 0.05) is 25.2 Å². The number of nitro groups is 1. The number of carbonyl (C=O) groups is 3. The SMILES string of the molecule is CO[C@@H]1CCC[C@@H]2C1=C(C(=O)OCc1ccccc1)N1C(=O)[C@H]([C@@H](C)OC(=O)OCc3ccc([N+](=O)[O-])cc3)[C@@H]21. The molecule has 11 nitrogen and oxygen atoms in total. The summed E-state index contributed by atoms with van der Waals surface area (Å²) in [4.78, 5) is 51.0. The van der Waals surface area contributed by atoms with Gasteiger partial charge in [0.1, 0.15) is 25.0 Å². The summed E-state index contributed by atoms with van der Waals surface area (Å²) >= 11 is 0. The first-order valence-electron chi connectivity index (χ1n) is 13.2. The molecule has 2 aliphatic heterocycles. The number of ether oxygens (including phenoxy) is 4. The van der Waals surface area contributed by atoms with E-state index < -0.39 is 29.1 Å². The highest BCUT2D eigenvalue weighted by molar-refractivity contribution is 6.01. The summed E-state index contributed by atoms with van der Waals surface area (Å²) in [7, 11) is 1.59. The molecule has 2 aromatic carbocycles. The van der Waals surface area contributed by atoms with Crippen molar-refractivity contribution in [3.8, 4) is 0 Å². The lowest BCUT2D eigenvalue weighted by atomic mass is 9.71. The number of non-ortho nitro benzene ring substituents is 1. The van der Waals surface area contributed by atoms with Crippen LogP contribution in [-0.2, 0) is 41.8 Å². The third-order valence-corrected chi connectivity index (χ3v) is 7.83. The van der Waals surface area contributed by atoms with E-state index in [2.05, 4.69) is 0 Å². The number of benzene rings is 2. The van der Waals surface area contributed by atoms with Gasteiger partial charge in [-0.05, 0) is 55.0 Å². The first-order chi connectivity index (χ1) is 19.3. The number of esters is 1. The first kappa shape index (κ1) is 27.3. The summed E-state index contributed by atoms with van der Waals surface area (Å²) in [6, 6.07) is 14.6. The van der Waals surface area contributed by atoms with E-state index in [0.29, 0.717) is 5.56 Å². The van der Waals surface area contributed by atoms with Gasteiger partial charge in [0.2, 0.25) is 5.91 Å². The second kappa shape index (κ2) is 11.5. The molecule has 2 heterocycles. The summed E-state index contributed by atoms with van der Waals surface area (Å²) < 4.78 is 22.0. The lowest BCUT2D eigenvalue weighted by molar-refractivity contribution is -0.384. The van der Waals surface area contributed by atoms with Crippen molar-refractivity contribution in [3.05, 3.63) is 87.1 Å². The van der Waals surface area contributed by atoms with Crippen molar-refractivity contribution in [2.45, 2.75) is 57.6 Å². The number of amides is 1. The fourth-order valence-electron chi connectivity index (χ4n) is 5.96. The molecule has 2 aromatic rings. The largest absolute Gasteiger partial charge is 0.508 e. The Morgan fingerprint density at radius 2 is 1.70 bits per heavy atom. The quantitative estimate of drug-likeness (QED) is 0.194. The van der Waals surface area contributed by atoms with Crippen LogP contribution in [0.15, 0.2) is 65.9 Å². The monoisotopic (exact) mass is 550 g/mol. The molecule has 5 atom stereocenters. The smallest absolute Gasteiger partial charge is 0.456 e. The summed E-state index contributed by atoms with van der Waals surface area (Å²) in [5.41, 5.74) is 2.34. The molecule has 1 amide bonds. The fourth-order valence-corrected chi connectivity index (χ4v) is 5.96. The zero-order valence-electron chi connectivity index (χ0n) is 22.2. The average molecular weight is 551 g/mol. The van der Waals surface area contributed by atoms with Crippen LogP contribution >= 0.6 is 0 Å². The molecule has 210 valence electrons. The molecule has 1 saturated heterocycles. The number of nitrogens with zero attached hydrogens (tertiary/aromatic N) is 2. The van der Waals surface area contributed by atoms with Crippen molar-refractivity contribution in [2.24, 2.45) is 11.8 Å². The predicted octanol–water partition coefficient (Wildman–Crippen LogP) is 4.29. The summed E-state index contributed by atoms with van der Waals surface area (Å²) in [6.45, 7) is 1.57. The van der Waals surface area contributed by atoms with Crippen molar-refractivity contribution in [2.75, 3.05) is 7.11 Å². The molecule has 2 fully saturated rings. The third kappa shape index (κ3) is 5.16. The minimum absolute atomic E-state index is 0.0701. The Morgan fingerprint density at radius 1 is 1.02 bits per heavy atom. The lowest BCUT2D eigenvalue weighted by Gasteiger charge is -2.48. The van der Waals surface area contributed by atoms with E-state index in [1.165, 1.54) is 29.2 Å². The standard InChI is InChI=1S/C29H30N2O9/c1-17(40-29(34)39-16-19-11-13-20(14-12-19)31(35)36)23-25-21-9-6-10-22(37-2)24(21)26(30(25)27(23)32)28(33)38-15-18-7-4-3-5-8-18/h3-5,7-8,11-14,17,21-23,25H,6,9-10,15-16H2,1-2H3/t17-,21-,22-,23-,25-/m1/s1. The van der Waals surface area contributed by atoms with Gasteiger partial charge in [-0.1, -0.05) is 30.3 Å². The van der Waals surface area contributed by atoms with Gasteiger partial charge in [-0.15, -0.1) is 0 Å². The molecule has 0 N–H and O–H groups in total. The summed E-state index contributed by atoms with van der Waals surface area (Å²) in [5.74, 6) is -1.65. The Bertz CT molecular complexity index is 1320. The maximum atomic E-state index is 13.4. The second-order valence-electron chi connectivity index (χ2n) is 10.1. The van der Waals surface area contributed by atoms with Crippen LogP contribution in [0.1, 0.15) is 37.3 Å². The Morgan fingerprint density at radius 3 is 2.38 bits per heavy atom. The van der Waals surface area contributed by atoms with E-state index in [1.807, 2.05) is 30.3 Å². The van der Waals surface area contributed by atoms with Crippen molar-refractivity contribution in [1.82, 2.24) is 4.90 Å². The number of fused-ring (bicyclic) bond motifs is 3. The molecule has 0 aromatic heterocycles. The molecular weight excluding hydrogens is 520 g/mol. The van der Waals surface area contributed by atoms with Gasteiger partial charge < -0.3 is 23.8 Å². The highest BCUT2D eigenvalue weighted by Crippen LogP contribution is 2.53. The molecule has 0 radical (unpaired) electrons. The molecule has 0 unspecified atom stereocenters. The number of β-lactam (4-membered cyclic amide) rings is 1. The predicted molar refractivity (Wildman–Crippen MR) is 139 cm³/mol. The minimum Gasteiger partial charge on any atom is -0.456 e. The zero-order chi connectivity index (χ0) is 28.4. The molecular formula is C29H30N2O9. The van der Waals surface area contributed by atoms with Crippen molar-refractivity contribution in [3.63, 3.8) is 0 Å². The molecule has 3 aliphatic rings. The van der Waals surface area contributed by atoms with E-state index in [1.54, 1.807) is 14.0 Å². The summed E-state index contributed by atoms with van der Waals surface area (Å²) in [5, 5.41) is 10.8. The van der Waals surface area contributed by atoms with Gasteiger partial charge in [0.05, 0.1) is 23.0 Å². The number of nitro benzene ring substituents is 1. The van der Waals surface area contributed by atoms with Gasteiger partial charge in [-0.2, -0.15) is 0 Å². The van der Waals surface area contributed by atoms with Crippen LogP contribution in [0.4, 0.5) is 10.5 Å². The number of methoxy groups -OCH3 is 1. The number of hydrogen-bond acceptors (Lipinski definition) is 9. The molecule has 40 heavy (non-hydrogen) atoms. The molecule has 0 bridgehead atoms. The van der Waals surface area contributed by atoms with Crippen LogP contribution in [0.2, 0.25) is 0 Å². The van der Waals surface area contributed by atoms with Crippen LogP contribution in [-0.4, -0.2) is 53.2 Å². The number of rotatable bonds is 9. The van der Waals surface area contributed by atoms with Crippen LogP contribution < -0.4 is 0 Å². The molecule has 5 rings (SSSR count). The maximum absolute atomic E-state index is 13.4. The van der Waals surface area contributed by atoms with Crippen LogP contribution in [0.25, 0.3) is 0 Å². The third-order valence-electron chi connectivity index (χ3n) is 7.83. The van der Waals surface area contributed by atoms with Crippen molar-refractivity contribution < 1.29 is 38.3 Å². The molecule has 1 aliphatic carbocycles. The summed E-state index contributed by atoms with van der Waals surface area (Å²) in [6.07, 6.45) is 0.313. The topological polar surface area (TPSA) is 135 Å². The van der Waals surface area contributed by atoms with Gasteiger partial charge in [0.25, 0.3) is 5.69 Å². The van der Waals surface area contributed by atoms with Gasteiger partial charge >= 0.3 is 12.1 Å². The van der Waals surface area contributed by atoms with E-state index >= 15 is 0 Å². The number of carbonyl (C=O) groups excluding carboxylic acids is 3. The normalized spacial score (nSPS) is 23.9. The van der Waals surface area contributed by atoms with Gasteiger partial charge in [0.15, 0.2) is 0 Å². The second-order valence-corrected chi connectivity index (χ2v) is 10.1. The van der Waals surface area contributed by atoms with Crippen molar-refractivity contribution in [1.29, 1.82) is 0 Å². The van der Waals surface area contributed by atoms with Crippen LogP contribution in [0.3, 0.4) is 0 Å². The van der Waals surface area contributed by atoms with E-state index in [-0.39, 0.29) is 48.6 Å². The van der Waals surface area contributed by atoms with Crippen molar-refractivity contribution >= 4 is 23.7 Å². The molecule has 0 spiro atoms. The average Bonchev–Trinajstić information content (AvgIpc) is 3.26. The van der Waals surface area contributed by atoms with E-state index in [0.717, 1.165) is 30.4 Å². The van der Waals surface area contributed by atoms with Crippen LogP contribution in [0, 0.1) is 22.0 Å². The minimum atomic E-state index is -0.954. The van der Waals surface area contributed by atoms with E-state index in [4.69, 9.17) is 18.9 Å². The Hall–Kier alpha value is -4.25. The van der Waals surface area contributed by atoms with Gasteiger partial charge in [-0.3, -0.25) is 14.9 Å². The Labute approximate surface area is 230 Å². The molecule has 1 saturated carbocycles. The highest BCUT2D eigenvalue weighted by Gasteiger charge is 2.63. The zero-order valence-corrected chi connectivity index (χ0v) is 22.2. The first-order valence-corrected chi connectivity index (χ1v) is 13.2.